The van der Waals surface area contributed by atoms with Gasteiger partial charge in [0.05, 0.1) is 5.56 Å². The standard InChI is InChI=1S/C11H11NO4S3/c1-7(8-2-3-17-5-8)12-19(15,16)10-4-9(6-18-10)11(13)14/h2-7,12H,1H3,(H,13,14). The Labute approximate surface area is 118 Å². The number of carboxylic acids is 1. The van der Waals surface area contributed by atoms with Gasteiger partial charge in [-0.1, -0.05) is 0 Å². The summed E-state index contributed by atoms with van der Waals surface area (Å²) in [7, 11) is -3.69. The van der Waals surface area contributed by atoms with E-state index in [9.17, 15) is 13.2 Å². The van der Waals surface area contributed by atoms with Gasteiger partial charge in [-0.05, 0) is 35.4 Å². The van der Waals surface area contributed by atoms with E-state index in [1.165, 1.54) is 16.7 Å². The number of aromatic carboxylic acids is 1. The molecule has 0 aromatic carbocycles. The SMILES string of the molecule is CC(NS(=O)(=O)c1cc(C(=O)O)cs1)c1ccsc1. The first-order valence-corrected chi connectivity index (χ1v) is 8.57. The van der Waals surface area contributed by atoms with Gasteiger partial charge >= 0.3 is 5.97 Å². The molecule has 8 heteroatoms. The summed E-state index contributed by atoms with van der Waals surface area (Å²) in [6, 6.07) is 2.65. The molecular formula is C11H11NO4S3. The van der Waals surface area contributed by atoms with E-state index in [1.807, 2.05) is 16.8 Å². The second-order valence-corrected chi connectivity index (χ2v) is 7.49. The first-order chi connectivity index (χ1) is 8.90. The smallest absolute Gasteiger partial charge is 0.336 e. The Hall–Kier alpha value is -1.22. The molecular weight excluding hydrogens is 306 g/mol. The number of nitrogens with one attached hydrogen (secondary N) is 1. The third-order valence-corrected chi connectivity index (χ3v) is 6.14. The summed E-state index contributed by atoms with van der Waals surface area (Å²) in [5.41, 5.74) is 0.858. The van der Waals surface area contributed by atoms with E-state index >= 15 is 0 Å². The Bertz CT molecular complexity index is 673. The van der Waals surface area contributed by atoms with Crippen LogP contribution in [0.1, 0.15) is 28.9 Å². The Morgan fingerprint density at radius 1 is 1.42 bits per heavy atom. The summed E-state index contributed by atoms with van der Waals surface area (Å²) in [4.78, 5) is 10.7. The van der Waals surface area contributed by atoms with Crippen molar-refractivity contribution >= 4 is 38.7 Å². The van der Waals surface area contributed by atoms with Crippen LogP contribution < -0.4 is 4.72 Å². The van der Waals surface area contributed by atoms with Crippen molar-refractivity contribution in [2.45, 2.75) is 17.2 Å². The van der Waals surface area contributed by atoms with Crippen LogP contribution in [0, 0.1) is 0 Å². The average Bonchev–Trinajstić information content (AvgIpc) is 3.00. The molecule has 5 nitrogen and oxygen atoms in total. The number of carboxylic acid groups (broad SMARTS) is 1. The van der Waals surface area contributed by atoms with Crippen molar-refractivity contribution in [1.82, 2.24) is 4.72 Å². The highest BCUT2D eigenvalue weighted by molar-refractivity contribution is 7.91. The van der Waals surface area contributed by atoms with Crippen molar-refractivity contribution < 1.29 is 18.3 Å². The summed E-state index contributed by atoms with van der Waals surface area (Å²) in [6.45, 7) is 1.74. The van der Waals surface area contributed by atoms with E-state index in [0.717, 1.165) is 23.0 Å². The largest absolute Gasteiger partial charge is 0.478 e. The van der Waals surface area contributed by atoms with E-state index in [2.05, 4.69) is 4.72 Å². The minimum absolute atomic E-state index is 0.00646. The molecule has 0 aliphatic carbocycles. The predicted octanol–water partition coefficient (Wildman–Crippen LogP) is 2.55. The van der Waals surface area contributed by atoms with Gasteiger partial charge in [0.25, 0.3) is 10.0 Å². The molecule has 2 heterocycles. The van der Waals surface area contributed by atoms with E-state index < -0.39 is 16.0 Å². The van der Waals surface area contributed by atoms with Gasteiger partial charge in [0, 0.05) is 11.4 Å². The fourth-order valence-electron chi connectivity index (χ4n) is 1.45. The highest BCUT2D eigenvalue weighted by Crippen LogP contribution is 2.23. The van der Waals surface area contributed by atoms with Gasteiger partial charge < -0.3 is 5.11 Å². The monoisotopic (exact) mass is 317 g/mol. The number of carbonyl (C=O) groups is 1. The van der Waals surface area contributed by atoms with Crippen LogP contribution in [-0.4, -0.2) is 19.5 Å². The minimum atomic E-state index is -3.69. The molecule has 0 aliphatic heterocycles. The van der Waals surface area contributed by atoms with E-state index in [0.29, 0.717) is 0 Å². The first kappa shape index (κ1) is 14.2. The fourth-order valence-corrected chi connectivity index (χ4v) is 4.61. The third kappa shape index (κ3) is 3.21. The van der Waals surface area contributed by atoms with Crippen LogP contribution in [0.25, 0.3) is 0 Å². The molecule has 0 aliphatic rings. The maximum atomic E-state index is 12.1. The molecule has 102 valence electrons. The molecule has 1 unspecified atom stereocenters. The lowest BCUT2D eigenvalue weighted by atomic mass is 10.2. The van der Waals surface area contributed by atoms with Crippen LogP contribution in [0.2, 0.25) is 0 Å². The van der Waals surface area contributed by atoms with Gasteiger partial charge in [-0.25, -0.2) is 17.9 Å². The van der Waals surface area contributed by atoms with Crippen LogP contribution in [-0.2, 0) is 10.0 Å². The molecule has 0 amide bonds. The number of hydrogen-bond donors (Lipinski definition) is 2. The highest BCUT2D eigenvalue weighted by atomic mass is 32.2. The molecule has 19 heavy (non-hydrogen) atoms. The molecule has 1 atom stereocenters. The van der Waals surface area contributed by atoms with Crippen molar-refractivity contribution in [2.75, 3.05) is 0 Å². The number of sulfonamides is 1. The first-order valence-electron chi connectivity index (χ1n) is 5.26. The summed E-state index contributed by atoms with van der Waals surface area (Å²) >= 11 is 2.38. The Kier molecular flexibility index (Phi) is 4.04. The fraction of sp³-hybridized carbons (Fsp3) is 0.182. The molecule has 0 spiro atoms. The van der Waals surface area contributed by atoms with Crippen molar-refractivity contribution in [3.63, 3.8) is 0 Å². The van der Waals surface area contributed by atoms with Crippen LogP contribution in [0.4, 0.5) is 0 Å². The van der Waals surface area contributed by atoms with Gasteiger partial charge in [-0.2, -0.15) is 11.3 Å². The van der Waals surface area contributed by atoms with Gasteiger partial charge in [0.2, 0.25) is 0 Å². The van der Waals surface area contributed by atoms with E-state index in [1.54, 1.807) is 6.92 Å². The summed E-state index contributed by atoms with van der Waals surface area (Å²) in [5, 5.41) is 13.8. The molecule has 2 aromatic rings. The topological polar surface area (TPSA) is 83.5 Å². The zero-order chi connectivity index (χ0) is 14.0. The van der Waals surface area contributed by atoms with Crippen LogP contribution in [0.3, 0.4) is 0 Å². The molecule has 0 bridgehead atoms. The second-order valence-electron chi connectivity index (χ2n) is 3.86. The predicted molar refractivity (Wildman–Crippen MR) is 74.3 cm³/mol. The van der Waals surface area contributed by atoms with E-state index in [4.69, 9.17) is 5.11 Å². The maximum absolute atomic E-state index is 12.1. The lowest BCUT2D eigenvalue weighted by molar-refractivity contribution is 0.0697. The average molecular weight is 317 g/mol. The molecule has 0 saturated carbocycles. The quantitative estimate of drug-likeness (QED) is 0.887. The lowest BCUT2D eigenvalue weighted by Crippen LogP contribution is -2.25. The van der Waals surface area contributed by atoms with Gasteiger partial charge in [0.1, 0.15) is 4.21 Å². The minimum Gasteiger partial charge on any atom is -0.478 e. The zero-order valence-electron chi connectivity index (χ0n) is 9.86. The number of thiophene rings is 2. The third-order valence-electron chi connectivity index (χ3n) is 2.46. The van der Waals surface area contributed by atoms with E-state index in [-0.39, 0.29) is 15.8 Å². The highest BCUT2D eigenvalue weighted by Gasteiger charge is 2.21. The maximum Gasteiger partial charge on any atom is 0.336 e. The molecule has 2 N–H and O–H groups in total. The molecule has 0 radical (unpaired) electrons. The number of rotatable bonds is 5. The molecule has 0 saturated heterocycles. The van der Waals surface area contributed by atoms with Gasteiger partial charge in [0.15, 0.2) is 0 Å². The summed E-state index contributed by atoms with van der Waals surface area (Å²) in [5.74, 6) is -1.14. The summed E-state index contributed by atoms with van der Waals surface area (Å²) < 4.78 is 26.7. The Morgan fingerprint density at radius 3 is 2.68 bits per heavy atom. The molecule has 0 fully saturated rings. The summed E-state index contributed by atoms with van der Waals surface area (Å²) in [6.07, 6.45) is 0. The van der Waals surface area contributed by atoms with Gasteiger partial charge in [-0.3, -0.25) is 0 Å². The molecule has 2 rings (SSSR count). The molecule has 2 aromatic heterocycles. The van der Waals surface area contributed by atoms with Crippen molar-refractivity contribution in [3.05, 3.63) is 39.4 Å². The van der Waals surface area contributed by atoms with Crippen LogP contribution >= 0.6 is 22.7 Å². The van der Waals surface area contributed by atoms with Crippen molar-refractivity contribution in [2.24, 2.45) is 0 Å². The zero-order valence-corrected chi connectivity index (χ0v) is 12.3. The Balaban J connectivity index is 2.20. The van der Waals surface area contributed by atoms with Crippen LogP contribution in [0.15, 0.2) is 32.5 Å². The lowest BCUT2D eigenvalue weighted by Gasteiger charge is -2.11. The number of hydrogen-bond acceptors (Lipinski definition) is 5. The van der Waals surface area contributed by atoms with Crippen molar-refractivity contribution in [3.8, 4) is 0 Å². The van der Waals surface area contributed by atoms with Crippen molar-refractivity contribution in [1.29, 1.82) is 0 Å². The van der Waals surface area contributed by atoms with Crippen LogP contribution in [0.5, 0.6) is 0 Å². The second kappa shape index (κ2) is 5.41. The van der Waals surface area contributed by atoms with Gasteiger partial charge in [-0.15, -0.1) is 11.3 Å². The normalized spacial score (nSPS) is 13.3. The Morgan fingerprint density at radius 2 is 2.16 bits per heavy atom.